The predicted octanol–water partition coefficient (Wildman–Crippen LogP) is 2.14. The van der Waals surface area contributed by atoms with Gasteiger partial charge in [-0.1, -0.05) is 5.16 Å². The summed E-state index contributed by atoms with van der Waals surface area (Å²) in [4.78, 5) is 2.22. The second kappa shape index (κ2) is 5.35. The lowest BCUT2D eigenvalue weighted by Gasteiger charge is -2.14. The van der Waals surface area contributed by atoms with E-state index in [-0.39, 0.29) is 0 Å². The lowest BCUT2D eigenvalue weighted by atomic mass is 10.2. The van der Waals surface area contributed by atoms with Crippen molar-refractivity contribution in [2.24, 2.45) is 0 Å². The fourth-order valence-electron chi connectivity index (χ4n) is 1.99. The highest BCUT2D eigenvalue weighted by Crippen LogP contribution is 2.15. The molecule has 0 aliphatic heterocycles. The van der Waals surface area contributed by atoms with E-state index in [4.69, 9.17) is 4.52 Å². The van der Waals surface area contributed by atoms with Gasteiger partial charge < -0.3 is 4.52 Å². The molecule has 2 aromatic heterocycles. The van der Waals surface area contributed by atoms with Gasteiger partial charge >= 0.3 is 0 Å². The van der Waals surface area contributed by atoms with Gasteiger partial charge in [-0.15, -0.1) is 0 Å². The van der Waals surface area contributed by atoms with Crippen LogP contribution in [0.4, 0.5) is 0 Å². The summed E-state index contributed by atoms with van der Waals surface area (Å²) in [5.74, 6) is 0.901. The van der Waals surface area contributed by atoms with Gasteiger partial charge in [0.15, 0.2) is 0 Å². The van der Waals surface area contributed by atoms with Crippen molar-refractivity contribution in [3.05, 3.63) is 35.0 Å². The van der Waals surface area contributed by atoms with E-state index in [1.807, 2.05) is 24.7 Å². The maximum Gasteiger partial charge on any atom is 0.138 e. The van der Waals surface area contributed by atoms with Crippen LogP contribution >= 0.6 is 0 Å². The highest BCUT2D eigenvalue weighted by molar-refractivity contribution is 5.20. The summed E-state index contributed by atoms with van der Waals surface area (Å²) in [5.41, 5.74) is 3.23. The average molecular weight is 248 g/mol. The molecule has 0 radical (unpaired) electrons. The standard InChI is InChI=1S/C13H20N4O/c1-5-17-7-6-12(14-17)8-16(4)9-13-10(2)15-18-11(13)3/h6-7H,5,8-9H2,1-4H3. The van der Waals surface area contributed by atoms with Crippen LogP contribution in [0.1, 0.15) is 29.6 Å². The zero-order valence-corrected chi connectivity index (χ0v) is 11.5. The SMILES string of the molecule is CCn1ccc(CN(C)Cc2c(C)noc2C)n1. The molecule has 0 aliphatic rings. The topological polar surface area (TPSA) is 47.1 Å². The van der Waals surface area contributed by atoms with Gasteiger partial charge in [0.1, 0.15) is 5.76 Å². The molecular formula is C13H20N4O. The molecule has 0 amide bonds. The summed E-state index contributed by atoms with van der Waals surface area (Å²) in [6, 6.07) is 2.06. The minimum Gasteiger partial charge on any atom is -0.361 e. The van der Waals surface area contributed by atoms with E-state index in [0.29, 0.717) is 0 Å². The van der Waals surface area contributed by atoms with E-state index in [9.17, 15) is 0 Å². The molecule has 2 heterocycles. The predicted molar refractivity (Wildman–Crippen MR) is 69.0 cm³/mol. The third kappa shape index (κ3) is 2.79. The Balaban J connectivity index is 1.98. The van der Waals surface area contributed by atoms with Crippen molar-refractivity contribution in [1.29, 1.82) is 0 Å². The fourth-order valence-corrected chi connectivity index (χ4v) is 1.99. The van der Waals surface area contributed by atoms with E-state index in [0.717, 1.165) is 36.8 Å². The van der Waals surface area contributed by atoms with Gasteiger partial charge in [-0.2, -0.15) is 5.10 Å². The Morgan fingerprint density at radius 1 is 1.33 bits per heavy atom. The van der Waals surface area contributed by atoms with Gasteiger partial charge in [0.2, 0.25) is 0 Å². The van der Waals surface area contributed by atoms with Crippen molar-refractivity contribution in [3.8, 4) is 0 Å². The summed E-state index contributed by atoms with van der Waals surface area (Å²) in [6.45, 7) is 8.59. The van der Waals surface area contributed by atoms with Crippen molar-refractivity contribution in [2.75, 3.05) is 7.05 Å². The molecule has 0 aromatic carbocycles. The molecule has 0 unspecified atom stereocenters. The minimum atomic E-state index is 0.830. The van der Waals surface area contributed by atoms with Crippen molar-refractivity contribution < 1.29 is 4.52 Å². The first kappa shape index (κ1) is 12.8. The normalized spacial score (nSPS) is 11.4. The highest BCUT2D eigenvalue weighted by atomic mass is 16.5. The lowest BCUT2D eigenvalue weighted by molar-refractivity contribution is 0.309. The first-order valence-electron chi connectivity index (χ1n) is 6.22. The first-order chi connectivity index (χ1) is 8.60. The summed E-state index contributed by atoms with van der Waals surface area (Å²) >= 11 is 0. The van der Waals surface area contributed by atoms with Gasteiger partial charge in [-0.25, -0.2) is 0 Å². The van der Waals surface area contributed by atoms with Gasteiger partial charge in [0.25, 0.3) is 0 Å². The number of aromatic nitrogens is 3. The fraction of sp³-hybridized carbons (Fsp3) is 0.538. The van der Waals surface area contributed by atoms with Crippen LogP contribution in [0.15, 0.2) is 16.8 Å². The molecule has 18 heavy (non-hydrogen) atoms. The molecule has 2 aromatic rings. The summed E-state index contributed by atoms with van der Waals surface area (Å²) < 4.78 is 7.12. The van der Waals surface area contributed by atoms with Crippen LogP contribution in [0, 0.1) is 13.8 Å². The molecule has 5 heteroatoms. The molecule has 98 valence electrons. The first-order valence-corrected chi connectivity index (χ1v) is 6.22. The molecule has 0 N–H and O–H groups in total. The molecule has 0 bridgehead atoms. The smallest absolute Gasteiger partial charge is 0.138 e. The summed E-state index contributed by atoms with van der Waals surface area (Å²) in [5, 5.41) is 8.45. The van der Waals surface area contributed by atoms with Crippen LogP contribution in [0.5, 0.6) is 0 Å². The molecular weight excluding hydrogens is 228 g/mol. The quantitative estimate of drug-likeness (QED) is 0.813. The van der Waals surface area contributed by atoms with E-state index in [2.05, 4.69) is 35.2 Å². The van der Waals surface area contributed by atoms with Crippen molar-refractivity contribution in [3.63, 3.8) is 0 Å². The summed E-state index contributed by atoms with van der Waals surface area (Å²) in [6.07, 6.45) is 2.01. The zero-order chi connectivity index (χ0) is 13.1. The Morgan fingerprint density at radius 2 is 2.11 bits per heavy atom. The van der Waals surface area contributed by atoms with Crippen LogP contribution in [0.3, 0.4) is 0 Å². The van der Waals surface area contributed by atoms with Crippen LogP contribution in [-0.2, 0) is 19.6 Å². The van der Waals surface area contributed by atoms with Gasteiger partial charge in [0.05, 0.1) is 11.4 Å². The molecule has 0 aliphatic carbocycles. The largest absolute Gasteiger partial charge is 0.361 e. The van der Waals surface area contributed by atoms with Crippen molar-refractivity contribution >= 4 is 0 Å². The van der Waals surface area contributed by atoms with Crippen molar-refractivity contribution in [2.45, 2.75) is 40.4 Å². The Morgan fingerprint density at radius 3 is 2.67 bits per heavy atom. The number of hydrogen-bond donors (Lipinski definition) is 0. The van der Waals surface area contributed by atoms with Crippen LogP contribution in [0.25, 0.3) is 0 Å². The third-order valence-corrected chi connectivity index (χ3v) is 3.06. The van der Waals surface area contributed by atoms with Crippen LogP contribution < -0.4 is 0 Å². The Labute approximate surface area is 107 Å². The minimum absolute atomic E-state index is 0.830. The lowest BCUT2D eigenvalue weighted by Crippen LogP contribution is -2.18. The highest BCUT2D eigenvalue weighted by Gasteiger charge is 2.12. The number of aryl methyl sites for hydroxylation is 3. The Kier molecular flexibility index (Phi) is 3.81. The summed E-state index contributed by atoms with van der Waals surface area (Å²) in [7, 11) is 2.08. The van der Waals surface area contributed by atoms with Gasteiger partial charge in [0, 0.05) is 31.4 Å². The third-order valence-electron chi connectivity index (χ3n) is 3.06. The van der Waals surface area contributed by atoms with Crippen LogP contribution in [-0.4, -0.2) is 26.9 Å². The number of rotatable bonds is 5. The van der Waals surface area contributed by atoms with E-state index in [1.54, 1.807) is 0 Å². The number of hydrogen-bond acceptors (Lipinski definition) is 4. The average Bonchev–Trinajstić information content (AvgIpc) is 2.91. The molecule has 5 nitrogen and oxygen atoms in total. The zero-order valence-electron chi connectivity index (χ0n) is 11.5. The molecule has 0 saturated carbocycles. The molecule has 0 fully saturated rings. The van der Waals surface area contributed by atoms with Crippen LogP contribution in [0.2, 0.25) is 0 Å². The van der Waals surface area contributed by atoms with Gasteiger partial charge in [-0.05, 0) is 33.9 Å². The van der Waals surface area contributed by atoms with E-state index < -0.39 is 0 Å². The second-order valence-corrected chi connectivity index (χ2v) is 4.64. The van der Waals surface area contributed by atoms with Gasteiger partial charge in [-0.3, -0.25) is 9.58 Å². The second-order valence-electron chi connectivity index (χ2n) is 4.64. The molecule has 2 rings (SSSR count). The maximum atomic E-state index is 5.17. The molecule has 0 saturated heterocycles. The molecule has 0 spiro atoms. The number of nitrogens with zero attached hydrogens (tertiary/aromatic N) is 4. The monoisotopic (exact) mass is 248 g/mol. The Bertz CT molecular complexity index is 495. The molecule has 0 atom stereocenters. The maximum absolute atomic E-state index is 5.17. The van der Waals surface area contributed by atoms with E-state index >= 15 is 0 Å². The van der Waals surface area contributed by atoms with E-state index in [1.165, 1.54) is 5.56 Å². The van der Waals surface area contributed by atoms with Crippen molar-refractivity contribution in [1.82, 2.24) is 19.8 Å². The Hall–Kier alpha value is -1.62.